The maximum atomic E-state index is 6.33. The highest BCUT2D eigenvalue weighted by molar-refractivity contribution is 5.67. The van der Waals surface area contributed by atoms with Crippen molar-refractivity contribution in [1.29, 1.82) is 0 Å². The molecule has 0 bridgehead atoms. The Kier molecular flexibility index (Phi) is 7.23. The zero-order chi connectivity index (χ0) is 21.9. The Balaban J connectivity index is 1.99. The van der Waals surface area contributed by atoms with Crippen molar-refractivity contribution in [3.63, 3.8) is 0 Å². The second-order valence-corrected chi connectivity index (χ2v) is 9.91. The Morgan fingerprint density at radius 2 is 1.90 bits per heavy atom. The average molecular weight is 409 g/mol. The number of aromatic nitrogens is 1. The summed E-state index contributed by atoms with van der Waals surface area (Å²) in [5.74, 6) is 0.998. The third kappa shape index (κ3) is 5.43. The van der Waals surface area contributed by atoms with Crippen LogP contribution in [0.2, 0.25) is 0 Å². The van der Waals surface area contributed by atoms with Crippen LogP contribution in [0, 0.1) is 12.3 Å². The summed E-state index contributed by atoms with van der Waals surface area (Å²) in [4.78, 5) is 7.65. The van der Waals surface area contributed by atoms with Crippen molar-refractivity contribution < 1.29 is 4.74 Å². The third-order valence-corrected chi connectivity index (χ3v) is 6.25. The fourth-order valence-corrected chi connectivity index (χ4v) is 4.67. The van der Waals surface area contributed by atoms with Crippen molar-refractivity contribution in [2.75, 3.05) is 13.1 Å². The van der Waals surface area contributed by atoms with E-state index in [0.29, 0.717) is 5.41 Å². The van der Waals surface area contributed by atoms with E-state index in [9.17, 15) is 0 Å². The van der Waals surface area contributed by atoms with Gasteiger partial charge in [-0.25, -0.2) is 0 Å². The van der Waals surface area contributed by atoms with Crippen molar-refractivity contribution in [2.24, 2.45) is 5.41 Å². The Labute approximate surface area is 183 Å². The number of benzene rings is 1. The maximum Gasteiger partial charge on any atom is 0.128 e. The molecule has 0 unspecified atom stereocenters. The quantitative estimate of drug-likeness (QED) is 0.516. The summed E-state index contributed by atoms with van der Waals surface area (Å²) in [6.07, 6.45) is 4.79. The van der Waals surface area contributed by atoms with Crippen LogP contribution in [0.4, 0.5) is 0 Å². The van der Waals surface area contributed by atoms with Gasteiger partial charge in [0, 0.05) is 36.0 Å². The average Bonchev–Trinajstić information content (AvgIpc) is 2.68. The molecule has 30 heavy (non-hydrogen) atoms. The molecule has 2 aromatic rings. The van der Waals surface area contributed by atoms with Crippen LogP contribution in [-0.2, 0) is 19.4 Å². The number of rotatable bonds is 7. The minimum atomic E-state index is 0.143. The molecule has 1 fully saturated rings. The van der Waals surface area contributed by atoms with E-state index in [1.807, 2.05) is 0 Å². The summed E-state index contributed by atoms with van der Waals surface area (Å²) in [5, 5.41) is 0. The van der Waals surface area contributed by atoms with Crippen LogP contribution in [0.5, 0.6) is 5.75 Å². The van der Waals surface area contributed by atoms with Gasteiger partial charge in [0.25, 0.3) is 0 Å². The summed E-state index contributed by atoms with van der Waals surface area (Å²) in [7, 11) is 0. The van der Waals surface area contributed by atoms with Gasteiger partial charge in [-0.2, -0.15) is 0 Å². The van der Waals surface area contributed by atoms with Gasteiger partial charge in [-0.05, 0) is 69.5 Å². The summed E-state index contributed by atoms with van der Waals surface area (Å²) in [6, 6.07) is 8.99. The first-order valence-corrected chi connectivity index (χ1v) is 11.7. The number of hydrogen-bond acceptors (Lipinski definition) is 3. The van der Waals surface area contributed by atoms with Crippen LogP contribution in [0.15, 0.2) is 24.3 Å². The van der Waals surface area contributed by atoms with Gasteiger partial charge in [0.1, 0.15) is 5.75 Å². The molecule has 0 aliphatic carbocycles. The molecule has 1 aliphatic rings. The molecule has 0 N–H and O–H groups in total. The molecule has 2 heterocycles. The maximum absolute atomic E-state index is 6.33. The van der Waals surface area contributed by atoms with E-state index in [2.05, 4.69) is 77.6 Å². The van der Waals surface area contributed by atoms with Crippen LogP contribution in [0.25, 0.3) is 11.3 Å². The Morgan fingerprint density at radius 3 is 2.53 bits per heavy atom. The van der Waals surface area contributed by atoms with Crippen LogP contribution in [-0.4, -0.2) is 29.1 Å². The zero-order valence-corrected chi connectivity index (χ0v) is 20.1. The Bertz CT molecular complexity index is 869. The molecule has 1 aromatic heterocycles. The molecule has 1 aromatic carbocycles. The lowest BCUT2D eigenvalue weighted by Gasteiger charge is -2.38. The predicted molar refractivity (Wildman–Crippen MR) is 127 cm³/mol. The minimum Gasteiger partial charge on any atom is -0.491 e. The van der Waals surface area contributed by atoms with Gasteiger partial charge >= 0.3 is 0 Å². The lowest BCUT2D eigenvalue weighted by molar-refractivity contribution is 0.109. The van der Waals surface area contributed by atoms with Crippen molar-refractivity contribution in [3.05, 3.63) is 46.6 Å². The molecule has 0 radical (unpaired) electrons. The molecule has 0 saturated carbocycles. The molecule has 1 aliphatic heterocycles. The van der Waals surface area contributed by atoms with E-state index in [1.54, 1.807) is 0 Å². The number of aryl methyl sites for hydroxylation is 3. The number of piperidine rings is 1. The normalized spacial score (nSPS) is 16.8. The molecule has 0 atom stereocenters. The molecule has 3 rings (SSSR count). The lowest BCUT2D eigenvalue weighted by Crippen LogP contribution is -2.39. The molecular weight excluding hydrogens is 368 g/mol. The molecule has 164 valence electrons. The fraction of sp³-hybridized carbons (Fsp3) is 0.593. The molecule has 1 saturated heterocycles. The highest BCUT2D eigenvalue weighted by Gasteiger charge is 2.27. The molecule has 0 amide bonds. The van der Waals surface area contributed by atoms with Gasteiger partial charge < -0.3 is 4.74 Å². The molecule has 3 nitrogen and oxygen atoms in total. The van der Waals surface area contributed by atoms with Gasteiger partial charge in [-0.15, -0.1) is 0 Å². The van der Waals surface area contributed by atoms with Crippen molar-refractivity contribution in [2.45, 2.75) is 86.8 Å². The standard InChI is InChI=1S/C27H40N2O/c1-8-21-11-12-23(22(9-2)15-21)25-16-26(30-19(3)4)24(20(5)28-25)17-29-14-10-13-27(6,7)18-29/h11-12,15-16,19H,8-10,13-14,17-18H2,1-7H3. The Hall–Kier alpha value is -1.87. The molecule has 3 heteroatoms. The summed E-state index contributed by atoms with van der Waals surface area (Å²) in [5.41, 5.74) is 7.73. The fourth-order valence-electron chi connectivity index (χ4n) is 4.67. The van der Waals surface area contributed by atoms with Gasteiger partial charge in [0.2, 0.25) is 0 Å². The smallest absolute Gasteiger partial charge is 0.128 e. The van der Waals surface area contributed by atoms with E-state index >= 15 is 0 Å². The molecular formula is C27H40N2O. The second-order valence-electron chi connectivity index (χ2n) is 9.91. The first kappa shape index (κ1) is 22.8. The zero-order valence-electron chi connectivity index (χ0n) is 20.1. The van der Waals surface area contributed by atoms with Crippen LogP contribution in [0.3, 0.4) is 0 Å². The van der Waals surface area contributed by atoms with Gasteiger partial charge in [-0.1, -0.05) is 45.9 Å². The summed E-state index contributed by atoms with van der Waals surface area (Å²) < 4.78 is 6.33. The number of pyridine rings is 1. The minimum absolute atomic E-state index is 0.143. The van der Waals surface area contributed by atoms with Crippen molar-refractivity contribution in [3.8, 4) is 17.0 Å². The molecule has 0 spiro atoms. The van der Waals surface area contributed by atoms with Crippen molar-refractivity contribution >= 4 is 0 Å². The highest BCUT2D eigenvalue weighted by atomic mass is 16.5. The van der Waals surface area contributed by atoms with Crippen LogP contribution >= 0.6 is 0 Å². The van der Waals surface area contributed by atoms with Crippen LogP contribution in [0.1, 0.15) is 76.8 Å². The third-order valence-electron chi connectivity index (χ3n) is 6.25. The monoisotopic (exact) mass is 408 g/mol. The topological polar surface area (TPSA) is 25.4 Å². The summed E-state index contributed by atoms with van der Waals surface area (Å²) in [6.45, 7) is 18.8. The SMILES string of the molecule is CCc1ccc(-c2cc(OC(C)C)c(CN3CCCC(C)(C)C3)c(C)n2)c(CC)c1. The van der Waals surface area contributed by atoms with Crippen molar-refractivity contribution in [1.82, 2.24) is 9.88 Å². The van der Waals surface area contributed by atoms with E-state index in [0.717, 1.165) is 49.6 Å². The first-order chi connectivity index (χ1) is 14.2. The van der Waals surface area contributed by atoms with Gasteiger partial charge in [0.15, 0.2) is 0 Å². The second kappa shape index (κ2) is 9.51. The van der Waals surface area contributed by atoms with E-state index in [4.69, 9.17) is 9.72 Å². The van der Waals surface area contributed by atoms with Gasteiger partial charge in [0.05, 0.1) is 11.8 Å². The Morgan fingerprint density at radius 1 is 1.13 bits per heavy atom. The lowest BCUT2D eigenvalue weighted by atomic mass is 9.84. The van der Waals surface area contributed by atoms with Gasteiger partial charge in [-0.3, -0.25) is 9.88 Å². The van der Waals surface area contributed by atoms with E-state index < -0.39 is 0 Å². The number of ether oxygens (including phenoxy) is 1. The number of likely N-dealkylation sites (tertiary alicyclic amines) is 1. The number of nitrogens with zero attached hydrogens (tertiary/aromatic N) is 2. The number of hydrogen-bond donors (Lipinski definition) is 0. The van der Waals surface area contributed by atoms with Crippen LogP contribution < -0.4 is 4.74 Å². The summed E-state index contributed by atoms with van der Waals surface area (Å²) >= 11 is 0. The predicted octanol–water partition coefficient (Wildman–Crippen LogP) is 6.59. The highest BCUT2D eigenvalue weighted by Crippen LogP contribution is 2.34. The largest absolute Gasteiger partial charge is 0.491 e. The van der Waals surface area contributed by atoms with E-state index in [1.165, 1.54) is 35.1 Å². The first-order valence-electron chi connectivity index (χ1n) is 11.7. The van der Waals surface area contributed by atoms with E-state index in [-0.39, 0.29) is 6.10 Å².